The average Bonchev–Trinajstić information content (AvgIpc) is 1.85. The van der Waals surface area contributed by atoms with Crippen LogP contribution in [-0.2, 0) is 5.11 Å². The lowest BCUT2D eigenvalue weighted by atomic mass is 10.1. The van der Waals surface area contributed by atoms with Gasteiger partial charge in [0.15, 0.2) is 5.75 Å². The first kappa shape index (κ1) is 7.40. The van der Waals surface area contributed by atoms with Crippen LogP contribution in [0.2, 0.25) is 0 Å². The second-order valence-electron chi connectivity index (χ2n) is 2.03. The second-order valence-corrected chi connectivity index (χ2v) is 2.03. The zero-order chi connectivity index (χ0) is 8.43. The van der Waals surface area contributed by atoms with Gasteiger partial charge in [-0.05, 0) is 12.1 Å². The lowest BCUT2D eigenvalue weighted by Gasteiger charge is -1.98. The van der Waals surface area contributed by atoms with Gasteiger partial charge in [-0.2, -0.15) is 0 Å². The second kappa shape index (κ2) is 2.49. The number of anilines is 1. The Morgan fingerprint density at radius 1 is 1.45 bits per heavy atom. The maximum atomic E-state index is 10.8. The molecule has 0 amide bonds. The van der Waals surface area contributed by atoms with Gasteiger partial charge in [0.05, 0.1) is 5.69 Å². The summed E-state index contributed by atoms with van der Waals surface area (Å²) in [5.41, 5.74) is 4.89. The molecule has 57 valence electrons. The summed E-state index contributed by atoms with van der Waals surface area (Å²) in [6.45, 7) is 0. The fourth-order valence-corrected chi connectivity index (χ4v) is 0.777. The topological polar surface area (TPSA) is 83.2 Å². The van der Waals surface area contributed by atoms with E-state index in [0.29, 0.717) is 0 Å². The van der Waals surface area contributed by atoms with Crippen molar-refractivity contribution in [3.8, 4) is 5.75 Å². The Bertz CT molecular complexity index is 275. The fourth-order valence-electron chi connectivity index (χ4n) is 0.777. The third-order valence-electron chi connectivity index (χ3n) is 1.27. The highest BCUT2D eigenvalue weighted by atomic mass is 16.4. The molecule has 0 aliphatic carbocycles. The quantitative estimate of drug-likeness (QED) is 0.591. The zero-order valence-electron chi connectivity index (χ0n) is 5.57. The number of nitrogen functional groups attached to an aromatic ring is 1. The molecule has 0 saturated heterocycles. The van der Waals surface area contributed by atoms with E-state index in [0.717, 1.165) is 0 Å². The molecule has 4 heteroatoms. The van der Waals surface area contributed by atoms with E-state index in [-0.39, 0.29) is 11.3 Å². The number of rotatable bonds is 1. The van der Waals surface area contributed by atoms with Crippen molar-refractivity contribution in [2.45, 2.75) is 0 Å². The number of carbonyl (C=O) groups is 1. The number of aromatic carboxylic acids is 1. The molecule has 0 aliphatic rings. The monoisotopic (exact) mass is 152 g/mol. The maximum Gasteiger partial charge on any atom is 0.341 e. The van der Waals surface area contributed by atoms with E-state index in [9.17, 15) is 9.90 Å². The van der Waals surface area contributed by atoms with Crippen LogP contribution in [0.1, 0.15) is 10.4 Å². The lowest BCUT2D eigenvalue weighted by Crippen LogP contribution is -2.01. The van der Waals surface area contributed by atoms with Gasteiger partial charge in [0.25, 0.3) is 0 Å². The van der Waals surface area contributed by atoms with Crippen molar-refractivity contribution in [1.29, 1.82) is 0 Å². The predicted octanol–water partition coefficient (Wildman–Crippen LogP) is 1.11. The molecule has 0 fully saturated rings. The van der Waals surface area contributed by atoms with Crippen molar-refractivity contribution in [2.75, 3.05) is 5.73 Å². The minimum absolute atomic E-state index is 0.00463. The molecule has 3 N–H and O–H groups in total. The lowest BCUT2D eigenvalue weighted by molar-refractivity contribution is 0.0693. The number of benzene rings is 1. The predicted molar refractivity (Wildman–Crippen MR) is 37.9 cm³/mol. The van der Waals surface area contributed by atoms with Gasteiger partial charge in [-0.3, -0.25) is 5.11 Å². The van der Waals surface area contributed by atoms with Crippen LogP contribution in [0.25, 0.3) is 0 Å². The highest BCUT2D eigenvalue weighted by molar-refractivity contribution is 5.96. The van der Waals surface area contributed by atoms with Crippen molar-refractivity contribution in [3.63, 3.8) is 0 Å². The normalized spacial score (nSPS) is 9.45. The molecule has 1 radical (unpaired) electrons. The minimum Gasteiger partial charge on any atom is -0.477 e. The molecule has 1 rings (SSSR count). The highest BCUT2D eigenvalue weighted by Gasteiger charge is 2.13. The minimum atomic E-state index is -1.28. The fraction of sp³-hybridized carbons (Fsp3) is 0. The summed E-state index contributed by atoms with van der Waals surface area (Å²) in [4.78, 5) is 10.4. The van der Waals surface area contributed by atoms with E-state index < -0.39 is 11.7 Å². The Balaban J connectivity index is 3.32. The third kappa shape index (κ3) is 1.24. The van der Waals surface area contributed by atoms with Crippen LogP contribution in [0.15, 0.2) is 18.2 Å². The molecular weight excluding hydrogens is 146 g/mol. The van der Waals surface area contributed by atoms with Crippen molar-refractivity contribution < 1.29 is 15.0 Å². The smallest absolute Gasteiger partial charge is 0.341 e. The summed E-state index contributed by atoms with van der Waals surface area (Å²) < 4.78 is 0. The Morgan fingerprint density at radius 2 is 2.09 bits per heavy atom. The third-order valence-corrected chi connectivity index (χ3v) is 1.27. The summed E-state index contributed by atoms with van der Waals surface area (Å²) in [6, 6.07) is 3.97. The van der Waals surface area contributed by atoms with Crippen LogP contribution >= 0.6 is 0 Å². The summed E-state index contributed by atoms with van der Waals surface area (Å²) >= 11 is 0. The van der Waals surface area contributed by atoms with E-state index in [4.69, 9.17) is 10.8 Å². The molecule has 4 nitrogen and oxygen atoms in total. The molecule has 0 unspecified atom stereocenters. The van der Waals surface area contributed by atoms with E-state index in [1.54, 1.807) is 0 Å². The molecule has 0 aromatic heterocycles. The first-order chi connectivity index (χ1) is 5.13. The molecular formula is C7H6NO3. The van der Waals surface area contributed by atoms with Gasteiger partial charge in [0.1, 0.15) is 5.56 Å². The van der Waals surface area contributed by atoms with Gasteiger partial charge in [-0.15, -0.1) is 0 Å². The summed E-state index contributed by atoms with van der Waals surface area (Å²) in [5, 5.41) is 19.3. The molecule has 1 aromatic carbocycles. The van der Waals surface area contributed by atoms with E-state index >= 15 is 0 Å². The molecule has 0 spiro atoms. The standard InChI is InChI=1S/C7H6NO3/c8-4-2-1-3-5(9)6(4)7(10)11/h1-3H,8H2,(H,10,11). The highest BCUT2D eigenvalue weighted by Crippen LogP contribution is 2.22. The molecule has 0 heterocycles. The van der Waals surface area contributed by atoms with Crippen LogP contribution in [0.4, 0.5) is 5.69 Å². The van der Waals surface area contributed by atoms with Gasteiger partial charge >= 0.3 is 5.97 Å². The Kier molecular flexibility index (Phi) is 1.68. The van der Waals surface area contributed by atoms with E-state index in [2.05, 4.69) is 0 Å². The molecule has 0 atom stereocenters. The van der Waals surface area contributed by atoms with Crippen LogP contribution in [0.3, 0.4) is 0 Å². The zero-order valence-corrected chi connectivity index (χ0v) is 5.57. The molecule has 0 bridgehead atoms. The first-order valence-corrected chi connectivity index (χ1v) is 2.91. The van der Waals surface area contributed by atoms with Gasteiger partial charge in [-0.1, -0.05) is 6.07 Å². The number of carboxylic acids is 1. The van der Waals surface area contributed by atoms with Crippen LogP contribution in [0, 0.1) is 0 Å². The first-order valence-electron chi connectivity index (χ1n) is 2.91. The summed E-state index contributed by atoms with van der Waals surface area (Å²) in [6.07, 6.45) is 0. The summed E-state index contributed by atoms with van der Waals surface area (Å²) in [7, 11) is 0. The Morgan fingerprint density at radius 3 is 2.45 bits per heavy atom. The van der Waals surface area contributed by atoms with Crippen molar-refractivity contribution in [1.82, 2.24) is 0 Å². The molecule has 1 aromatic rings. The van der Waals surface area contributed by atoms with Gasteiger partial charge in [-0.25, -0.2) is 4.79 Å². The van der Waals surface area contributed by atoms with Crippen LogP contribution < -0.4 is 5.73 Å². The van der Waals surface area contributed by atoms with Crippen molar-refractivity contribution in [3.05, 3.63) is 23.8 Å². The van der Waals surface area contributed by atoms with Crippen molar-refractivity contribution >= 4 is 11.7 Å². The van der Waals surface area contributed by atoms with E-state index in [1.165, 1.54) is 18.2 Å². The van der Waals surface area contributed by atoms with E-state index in [1.807, 2.05) is 0 Å². The van der Waals surface area contributed by atoms with Gasteiger partial charge in [0.2, 0.25) is 0 Å². The molecule has 0 aliphatic heterocycles. The van der Waals surface area contributed by atoms with Crippen LogP contribution in [-0.4, -0.2) is 11.1 Å². The molecule has 11 heavy (non-hydrogen) atoms. The number of hydrogen-bond donors (Lipinski definition) is 2. The summed E-state index contributed by atoms with van der Waals surface area (Å²) in [5.74, 6) is -1.84. The maximum absolute atomic E-state index is 10.8. The Labute approximate surface area is 62.9 Å². The molecule has 0 saturated carbocycles. The Hall–Kier alpha value is -1.71. The van der Waals surface area contributed by atoms with Gasteiger partial charge in [0, 0.05) is 0 Å². The number of nitrogens with two attached hydrogens (primary N) is 1. The van der Waals surface area contributed by atoms with Crippen LogP contribution in [0.5, 0.6) is 5.75 Å². The number of carboxylic acid groups (broad SMARTS) is 1. The van der Waals surface area contributed by atoms with Gasteiger partial charge < -0.3 is 10.8 Å². The van der Waals surface area contributed by atoms with Crippen molar-refractivity contribution in [2.24, 2.45) is 0 Å². The average molecular weight is 152 g/mol. The number of hydrogen-bond acceptors (Lipinski definition) is 2. The SMILES string of the molecule is Nc1cccc([O])c1C(=O)O. The largest absolute Gasteiger partial charge is 0.477 e.